The molecule has 1 fully saturated rings. The highest BCUT2D eigenvalue weighted by Crippen LogP contribution is 2.44. The van der Waals surface area contributed by atoms with Crippen molar-refractivity contribution in [2.75, 3.05) is 13.1 Å². The van der Waals surface area contributed by atoms with Crippen LogP contribution in [-0.4, -0.2) is 50.7 Å². The number of likely N-dealkylation sites (tertiary alicyclic amines) is 1. The molecule has 1 aliphatic rings. The molecule has 4 aromatic rings. The minimum atomic E-state index is -0.578. The summed E-state index contributed by atoms with van der Waals surface area (Å²) < 4.78 is 6.66. The van der Waals surface area contributed by atoms with E-state index in [1.807, 2.05) is 26.8 Å². The first-order valence-electron chi connectivity index (χ1n) is 14.3. The van der Waals surface area contributed by atoms with E-state index in [1.165, 1.54) is 21.4 Å². The van der Waals surface area contributed by atoms with E-state index in [0.717, 1.165) is 17.8 Å². The van der Waals surface area contributed by atoms with Gasteiger partial charge in [-0.25, -0.2) is 4.79 Å². The number of allylic oxidation sites excluding steroid dienone is 1. The fourth-order valence-corrected chi connectivity index (χ4v) is 5.75. The minimum Gasteiger partial charge on any atom is -0.442 e. The SMILES string of the molecule is CC(C)(C)OC(=O)n1ccc(CC/C=C2\CN(C(c3ccccc3)(c3ccccc3)c3ccccc3)CCC2O)n1. The maximum atomic E-state index is 12.3. The van der Waals surface area contributed by atoms with Crippen molar-refractivity contribution in [1.29, 1.82) is 0 Å². The maximum Gasteiger partial charge on any atom is 0.435 e. The van der Waals surface area contributed by atoms with Gasteiger partial charge in [0.05, 0.1) is 17.3 Å². The van der Waals surface area contributed by atoms with E-state index in [1.54, 1.807) is 6.20 Å². The zero-order chi connectivity index (χ0) is 28.9. The van der Waals surface area contributed by atoms with Gasteiger partial charge in [0, 0.05) is 19.3 Å². The van der Waals surface area contributed by atoms with Crippen LogP contribution in [0.15, 0.2) is 115 Å². The van der Waals surface area contributed by atoms with Gasteiger partial charge in [-0.05, 0) is 68.4 Å². The van der Waals surface area contributed by atoms with Crippen LogP contribution in [0, 0.1) is 0 Å². The normalized spacial score (nSPS) is 17.5. The van der Waals surface area contributed by atoms with E-state index in [0.29, 0.717) is 25.8 Å². The summed E-state index contributed by atoms with van der Waals surface area (Å²) in [7, 11) is 0. The Balaban J connectivity index is 1.43. The number of aryl methyl sites for hydroxylation is 1. The fraction of sp³-hybridized carbons (Fsp3) is 0.314. The Labute approximate surface area is 242 Å². The molecular formula is C35H39N3O3. The van der Waals surface area contributed by atoms with Crippen molar-refractivity contribution < 1.29 is 14.6 Å². The van der Waals surface area contributed by atoms with Gasteiger partial charge in [0.15, 0.2) is 0 Å². The summed E-state index contributed by atoms with van der Waals surface area (Å²) in [6.45, 7) is 6.89. The number of carbonyl (C=O) groups excluding carboxylic acids is 1. The van der Waals surface area contributed by atoms with Crippen LogP contribution in [0.1, 0.15) is 56.0 Å². The van der Waals surface area contributed by atoms with E-state index >= 15 is 0 Å². The molecule has 0 aliphatic carbocycles. The monoisotopic (exact) mass is 549 g/mol. The number of aromatic nitrogens is 2. The summed E-state index contributed by atoms with van der Waals surface area (Å²) in [5.74, 6) is 0. The van der Waals surface area contributed by atoms with Gasteiger partial charge >= 0.3 is 6.09 Å². The molecule has 1 atom stereocenters. The lowest BCUT2D eigenvalue weighted by Crippen LogP contribution is -2.52. The van der Waals surface area contributed by atoms with Crippen LogP contribution in [0.4, 0.5) is 4.79 Å². The van der Waals surface area contributed by atoms with Gasteiger partial charge in [-0.3, -0.25) is 4.90 Å². The predicted octanol–water partition coefficient (Wildman–Crippen LogP) is 6.58. The van der Waals surface area contributed by atoms with Crippen LogP contribution < -0.4 is 0 Å². The maximum absolute atomic E-state index is 12.3. The second-order valence-corrected chi connectivity index (χ2v) is 11.6. The molecule has 6 nitrogen and oxygen atoms in total. The quantitative estimate of drug-likeness (QED) is 0.208. The Hall–Kier alpha value is -4.00. The molecule has 0 bridgehead atoms. The average Bonchev–Trinajstić information content (AvgIpc) is 3.45. The average molecular weight is 550 g/mol. The largest absolute Gasteiger partial charge is 0.442 e. The number of piperidine rings is 1. The molecule has 41 heavy (non-hydrogen) atoms. The van der Waals surface area contributed by atoms with E-state index < -0.39 is 23.3 Å². The summed E-state index contributed by atoms with van der Waals surface area (Å²) in [5.41, 5.74) is 4.31. The van der Waals surface area contributed by atoms with Crippen LogP contribution in [0.3, 0.4) is 0 Å². The highest BCUT2D eigenvalue weighted by molar-refractivity contribution is 5.69. The van der Waals surface area contributed by atoms with Crippen LogP contribution in [0.2, 0.25) is 0 Å². The number of nitrogens with zero attached hydrogens (tertiary/aromatic N) is 3. The molecule has 3 aromatic carbocycles. The van der Waals surface area contributed by atoms with Crippen molar-refractivity contribution in [2.24, 2.45) is 0 Å². The molecule has 5 rings (SSSR count). The van der Waals surface area contributed by atoms with Crippen molar-refractivity contribution >= 4 is 6.09 Å². The summed E-state index contributed by atoms with van der Waals surface area (Å²) >= 11 is 0. The summed E-state index contributed by atoms with van der Waals surface area (Å²) in [6, 6.07) is 33.8. The third-order valence-electron chi connectivity index (χ3n) is 7.55. The van der Waals surface area contributed by atoms with Crippen molar-refractivity contribution in [3.05, 3.63) is 137 Å². The van der Waals surface area contributed by atoms with Crippen LogP contribution in [0.5, 0.6) is 0 Å². The number of benzene rings is 3. The molecule has 1 saturated heterocycles. The summed E-state index contributed by atoms with van der Waals surface area (Å²) in [5, 5.41) is 15.5. The van der Waals surface area contributed by atoms with Gasteiger partial charge in [0.25, 0.3) is 0 Å². The highest BCUT2D eigenvalue weighted by Gasteiger charge is 2.44. The Morgan fingerprint density at radius 3 is 1.95 bits per heavy atom. The molecular weight excluding hydrogens is 510 g/mol. The molecule has 1 aliphatic heterocycles. The first-order valence-corrected chi connectivity index (χ1v) is 14.3. The van der Waals surface area contributed by atoms with Gasteiger partial charge in [0.1, 0.15) is 5.60 Å². The third-order valence-corrected chi connectivity index (χ3v) is 7.55. The van der Waals surface area contributed by atoms with E-state index in [-0.39, 0.29) is 0 Å². The zero-order valence-electron chi connectivity index (χ0n) is 24.1. The number of hydrogen-bond acceptors (Lipinski definition) is 5. The van der Waals surface area contributed by atoms with E-state index in [4.69, 9.17) is 4.74 Å². The predicted molar refractivity (Wildman–Crippen MR) is 162 cm³/mol. The smallest absolute Gasteiger partial charge is 0.435 e. The molecule has 0 amide bonds. The summed E-state index contributed by atoms with van der Waals surface area (Å²) in [6.07, 6.45) is 4.82. The standard InChI is InChI=1S/C35H39N3O3/c1-34(2,3)41-33(40)38-25-22-31(36-38)21-13-14-27-26-37(24-23-32(27)39)35(28-15-7-4-8-16-28,29-17-9-5-10-18-29)30-19-11-6-12-20-30/h4-12,14-20,22,25,32,39H,13,21,23-24,26H2,1-3H3/b27-14+. The van der Waals surface area contributed by atoms with Gasteiger partial charge in [0.2, 0.25) is 0 Å². The molecule has 1 N–H and O–H groups in total. The molecule has 0 spiro atoms. The number of carbonyl (C=O) groups is 1. The Kier molecular flexibility index (Phi) is 8.52. The van der Waals surface area contributed by atoms with Crippen molar-refractivity contribution in [2.45, 2.75) is 57.3 Å². The zero-order valence-corrected chi connectivity index (χ0v) is 24.1. The molecule has 2 heterocycles. The molecule has 1 aromatic heterocycles. The Morgan fingerprint density at radius 2 is 1.44 bits per heavy atom. The van der Waals surface area contributed by atoms with Crippen molar-refractivity contribution in [1.82, 2.24) is 14.7 Å². The lowest BCUT2D eigenvalue weighted by molar-refractivity contribution is 0.0514. The summed E-state index contributed by atoms with van der Waals surface area (Å²) in [4.78, 5) is 14.8. The van der Waals surface area contributed by atoms with E-state index in [9.17, 15) is 9.90 Å². The second-order valence-electron chi connectivity index (χ2n) is 11.6. The first-order chi connectivity index (χ1) is 19.8. The third kappa shape index (κ3) is 6.34. The molecule has 0 radical (unpaired) electrons. The number of aliphatic hydroxyl groups excluding tert-OH is 1. The molecule has 1 unspecified atom stereocenters. The van der Waals surface area contributed by atoms with Gasteiger partial charge < -0.3 is 9.84 Å². The van der Waals surface area contributed by atoms with Crippen LogP contribution in [-0.2, 0) is 16.7 Å². The highest BCUT2D eigenvalue weighted by atomic mass is 16.6. The van der Waals surface area contributed by atoms with Gasteiger partial charge in [-0.2, -0.15) is 9.78 Å². The van der Waals surface area contributed by atoms with Crippen LogP contribution in [0.25, 0.3) is 0 Å². The second kappa shape index (κ2) is 12.2. The minimum absolute atomic E-state index is 0.487. The molecule has 212 valence electrons. The number of aliphatic hydroxyl groups is 1. The van der Waals surface area contributed by atoms with E-state index in [2.05, 4.69) is 107 Å². The lowest BCUT2D eigenvalue weighted by Gasteiger charge is -2.48. The topological polar surface area (TPSA) is 67.6 Å². The molecule has 0 saturated carbocycles. The fourth-order valence-electron chi connectivity index (χ4n) is 5.75. The van der Waals surface area contributed by atoms with Crippen molar-refractivity contribution in [3.8, 4) is 0 Å². The van der Waals surface area contributed by atoms with Crippen molar-refractivity contribution in [3.63, 3.8) is 0 Å². The number of hydrogen-bond donors (Lipinski definition) is 1. The first kappa shape index (κ1) is 28.5. The lowest BCUT2D eigenvalue weighted by atomic mass is 9.74. The van der Waals surface area contributed by atoms with Crippen LogP contribution >= 0.6 is 0 Å². The number of rotatable bonds is 7. The van der Waals surface area contributed by atoms with Gasteiger partial charge in [-0.15, -0.1) is 0 Å². The number of ether oxygens (including phenoxy) is 1. The Morgan fingerprint density at radius 1 is 0.902 bits per heavy atom. The molecule has 6 heteroatoms. The van der Waals surface area contributed by atoms with Gasteiger partial charge in [-0.1, -0.05) is 97.1 Å². The Bertz CT molecular complexity index is 1360.